The molecule has 0 atom stereocenters. The Hall–Kier alpha value is -2.23. The smallest absolute Gasteiger partial charge is 0.124 e. The highest BCUT2D eigenvalue weighted by Crippen LogP contribution is 2.25. The van der Waals surface area contributed by atoms with Crippen LogP contribution < -0.4 is 10.1 Å². The predicted molar refractivity (Wildman–Crippen MR) is 101 cm³/mol. The molecule has 0 amide bonds. The lowest BCUT2D eigenvalue weighted by Gasteiger charge is -2.14. The number of hydrogen-bond acceptors (Lipinski definition) is 2. The fraction of sp³-hybridized carbons (Fsp3) is 0.100. The van der Waals surface area contributed by atoms with Gasteiger partial charge in [-0.3, -0.25) is 0 Å². The topological polar surface area (TPSA) is 21.3 Å². The molecule has 0 radical (unpaired) electrons. The Morgan fingerprint density at radius 3 is 2.40 bits per heavy atom. The van der Waals surface area contributed by atoms with E-state index in [1.807, 2.05) is 42.5 Å². The fourth-order valence-electron chi connectivity index (χ4n) is 2.38. The quantitative estimate of drug-likeness (QED) is 0.543. The summed E-state index contributed by atoms with van der Waals surface area (Å²) >= 11 is 12.0. The number of hydrogen-bond donors (Lipinski definition) is 1. The Balaban J connectivity index is 1.70. The van der Waals surface area contributed by atoms with Crippen LogP contribution in [0.2, 0.25) is 10.0 Å². The Labute approximate surface area is 156 Å². The number of anilines is 1. The standard InChI is InChI=1S/C20H16Cl2FNO/c21-16-4-7-19(8-5-16)24-12-15-11-17(22)6-9-20(15)25-13-14-2-1-3-18(23)10-14/h1-11,24H,12-13H2. The van der Waals surface area contributed by atoms with Crippen molar-refractivity contribution in [2.45, 2.75) is 13.2 Å². The molecule has 0 saturated heterocycles. The molecule has 128 valence electrons. The maximum atomic E-state index is 13.3. The van der Waals surface area contributed by atoms with Crippen LogP contribution in [0.1, 0.15) is 11.1 Å². The van der Waals surface area contributed by atoms with Crippen molar-refractivity contribution in [2.75, 3.05) is 5.32 Å². The Morgan fingerprint density at radius 2 is 1.64 bits per heavy atom. The molecule has 3 aromatic carbocycles. The molecular formula is C20H16Cl2FNO. The van der Waals surface area contributed by atoms with Crippen LogP contribution in [0.15, 0.2) is 66.7 Å². The summed E-state index contributed by atoms with van der Waals surface area (Å²) in [4.78, 5) is 0. The SMILES string of the molecule is Fc1cccc(COc2ccc(Cl)cc2CNc2ccc(Cl)cc2)c1. The fourth-order valence-corrected chi connectivity index (χ4v) is 2.70. The molecule has 0 unspecified atom stereocenters. The number of ether oxygens (including phenoxy) is 1. The van der Waals surface area contributed by atoms with Gasteiger partial charge in [-0.1, -0.05) is 35.3 Å². The summed E-state index contributed by atoms with van der Waals surface area (Å²) in [5.74, 6) is 0.428. The van der Waals surface area contributed by atoms with E-state index in [2.05, 4.69) is 5.32 Å². The zero-order chi connectivity index (χ0) is 17.6. The first-order valence-electron chi connectivity index (χ1n) is 7.75. The van der Waals surface area contributed by atoms with Gasteiger partial charge in [0.05, 0.1) is 0 Å². The molecule has 25 heavy (non-hydrogen) atoms. The first-order valence-corrected chi connectivity index (χ1v) is 8.51. The van der Waals surface area contributed by atoms with Crippen molar-refractivity contribution < 1.29 is 9.13 Å². The van der Waals surface area contributed by atoms with Crippen molar-refractivity contribution in [3.63, 3.8) is 0 Å². The minimum absolute atomic E-state index is 0.276. The van der Waals surface area contributed by atoms with E-state index in [1.165, 1.54) is 12.1 Å². The van der Waals surface area contributed by atoms with Crippen LogP contribution in [-0.4, -0.2) is 0 Å². The largest absolute Gasteiger partial charge is 0.489 e. The van der Waals surface area contributed by atoms with Crippen molar-refractivity contribution in [2.24, 2.45) is 0 Å². The molecule has 0 bridgehead atoms. The Morgan fingerprint density at radius 1 is 0.880 bits per heavy atom. The van der Waals surface area contributed by atoms with Crippen molar-refractivity contribution >= 4 is 28.9 Å². The summed E-state index contributed by atoms with van der Waals surface area (Å²) in [6.45, 7) is 0.827. The molecule has 0 aliphatic rings. The van der Waals surface area contributed by atoms with Gasteiger partial charge in [-0.2, -0.15) is 0 Å². The van der Waals surface area contributed by atoms with Crippen molar-refractivity contribution in [3.8, 4) is 5.75 Å². The summed E-state index contributed by atoms with van der Waals surface area (Å²) in [6, 6.07) is 19.3. The highest BCUT2D eigenvalue weighted by atomic mass is 35.5. The van der Waals surface area contributed by atoms with E-state index in [1.54, 1.807) is 12.1 Å². The van der Waals surface area contributed by atoms with Gasteiger partial charge in [0.15, 0.2) is 0 Å². The van der Waals surface area contributed by atoms with Crippen LogP contribution in [0.25, 0.3) is 0 Å². The van der Waals surface area contributed by atoms with E-state index in [0.29, 0.717) is 22.3 Å². The summed E-state index contributed by atoms with van der Waals surface area (Å²) < 4.78 is 19.1. The van der Waals surface area contributed by atoms with Gasteiger partial charge in [0.25, 0.3) is 0 Å². The minimum Gasteiger partial charge on any atom is -0.489 e. The highest BCUT2D eigenvalue weighted by molar-refractivity contribution is 6.31. The molecular weight excluding hydrogens is 360 g/mol. The minimum atomic E-state index is -0.276. The summed E-state index contributed by atoms with van der Waals surface area (Å²) in [7, 11) is 0. The van der Waals surface area contributed by atoms with Crippen LogP contribution in [0.5, 0.6) is 5.75 Å². The number of halogens is 3. The van der Waals surface area contributed by atoms with Crippen LogP contribution >= 0.6 is 23.2 Å². The maximum Gasteiger partial charge on any atom is 0.124 e. The third-order valence-corrected chi connectivity index (χ3v) is 4.12. The van der Waals surface area contributed by atoms with Gasteiger partial charge in [0.2, 0.25) is 0 Å². The van der Waals surface area contributed by atoms with E-state index in [9.17, 15) is 4.39 Å². The third-order valence-electron chi connectivity index (χ3n) is 3.63. The molecule has 3 rings (SSSR count). The first kappa shape index (κ1) is 17.6. The van der Waals surface area contributed by atoms with Crippen LogP contribution in [0.4, 0.5) is 10.1 Å². The monoisotopic (exact) mass is 375 g/mol. The molecule has 0 aliphatic heterocycles. The van der Waals surface area contributed by atoms with Crippen molar-refractivity contribution in [3.05, 3.63) is 93.7 Å². The van der Waals surface area contributed by atoms with Gasteiger partial charge in [0, 0.05) is 27.8 Å². The molecule has 0 fully saturated rings. The lowest BCUT2D eigenvalue weighted by molar-refractivity contribution is 0.302. The van der Waals surface area contributed by atoms with Gasteiger partial charge in [-0.25, -0.2) is 4.39 Å². The molecule has 3 aromatic rings. The van der Waals surface area contributed by atoms with Gasteiger partial charge < -0.3 is 10.1 Å². The highest BCUT2D eigenvalue weighted by Gasteiger charge is 2.06. The van der Waals surface area contributed by atoms with Crippen molar-refractivity contribution in [1.29, 1.82) is 0 Å². The normalized spacial score (nSPS) is 10.5. The van der Waals surface area contributed by atoms with E-state index < -0.39 is 0 Å². The third kappa shape index (κ3) is 5.12. The molecule has 5 heteroatoms. The average molecular weight is 376 g/mol. The van der Waals surface area contributed by atoms with Gasteiger partial charge in [-0.15, -0.1) is 0 Å². The first-order chi connectivity index (χ1) is 12.1. The lowest BCUT2D eigenvalue weighted by Crippen LogP contribution is -2.04. The van der Waals surface area contributed by atoms with Gasteiger partial charge in [0.1, 0.15) is 18.2 Å². The molecule has 0 saturated carbocycles. The van der Waals surface area contributed by atoms with E-state index in [0.717, 1.165) is 16.8 Å². The van der Waals surface area contributed by atoms with E-state index >= 15 is 0 Å². The summed E-state index contributed by atoms with van der Waals surface area (Å²) in [5.41, 5.74) is 2.63. The summed E-state index contributed by atoms with van der Waals surface area (Å²) in [5, 5.41) is 4.62. The predicted octanol–water partition coefficient (Wildman–Crippen LogP) is 6.32. The van der Waals surface area contributed by atoms with Gasteiger partial charge in [-0.05, 0) is 60.2 Å². The molecule has 1 N–H and O–H groups in total. The number of benzene rings is 3. The van der Waals surface area contributed by atoms with Crippen LogP contribution in [0, 0.1) is 5.82 Å². The number of rotatable bonds is 6. The molecule has 0 heterocycles. The van der Waals surface area contributed by atoms with Gasteiger partial charge >= 0.3 is 0 Å². The summed E-state index contributed by atoms with van der Waals surface area (Å²) in [6.07, 6.45) is 0. The maximum absolute atomic E-state index is 13.3. The number of nitrogens with one attached hydrogen (secondary N) is 1. The van der Waals surface area contributed by atoms with E-state index in [4.69, 9.17) is 27.9 Å². The Kier molecular flexibility index (Phi) is 5.79. The molecule has 0 spiro atoms. The second kappa shape index (κ2) is 8.24. The average Bonchev–Trinajstić information content (AvgIpc) is 2.60. The second-order valence-electron chi connectivity index (χ2n) is 5.53. The lowest BCUT2D eigenvalue weighted by atomic mass is 10.2. The molecule has 0 aliphatic carbocycles. The Bertz CT molecular complexity index is 853. The van der Waals surface area contributed by atoms with Crippen molar-refractivity contribution in [1.82, 2.24) is 0 Å². The second-order valence-corrected chi connectivity index (χ2v) is 6.40. The molecule has 0 aromatic heterocycles. The van der Waals surface area contributed by atoms with Crippen LogP contribution in [-0.2, 0) is 13.2 Å². The van der Waals surface area contributed by atoms with E-state index in [-0.39, 0.29) is 12.4 Å². The zero-order valence-corrected chi connectivity index (χ0v) is 14.8. The molecule has 2 nitrogen and oxygen atoms in total. The van der Waals surface area contributed by atoms with Crippen LogP contribution in [0.3, 0.4) is 0 Å². The zero-order valence-electron chi connectivity index (χ0n) is 13.3.